The van der Waals surface area contributed by atoms with Gasteiger partial charge in [0.2, 0.25) is 0 Å². The highest BCUT2D eigenvalue weighted by Crippen LogP contribution is 2.49. The van der Waals surface area contributed by atoms with E-state index in [1.807, 2.05) is 12.1 Å². The molecule has 186 valence electrons. The molecule has 2 rings (SSSR count). The molecule has 0 aliphatic carbocycles. The first-order valence-electron chi connectivity index (χ1n) is 11.6. The van der Waals surface area contributed by atoms with Crippen molar-refractivity contribution in [2.75, 3.05) is 21.3 Å². The fraction of sp³-hybridized carbons (Fsp3) is 0.615. The van der Waals surface area contributed by atoms with Crippen molar-refractivity contribution in [3.63, 3.8) is 0 Å². The molecule has 0 radical (unpaired) electrons. The average molecular weight is 493 g/mol. The Balaban J connectivity index is 2.80. The molecular weight excluding hydrogens is 448 g/mol. The SMILES string of the molecule is COc1cc(OC)c2c(O[Si](C)(C)C(C)(C)C)c(OC)c(CO[Si](C)(C)C(C)(C)C)cc2c1. The minimum atomic E-state index is -2.18. The molecule has 0 aliphatic rings. The van der Waals surface area contributed by atoms with Gasteiger partial charge in [0.15, 0.2) is 19.8 Å². The van der Waals surface area contributed by atoms with Gasteiger partial charge in [-0.1, -0.05) is 41.5 Å². The van der Waals surface area contributed by atoms with Gasteiger partial charge in [-0.05, 0) is 53.8 Å². The Morgan fingerprint density at radius 2 is 1.27 bits per heavy atom. The van der Waals surface area contributed by atoms with Crippen LogP contribution in [0.1, 0.15) is 47.1 Å². The summed E-state index contributed by atoms with van der Waals surface area (Å²) >= 11 is 0. The van der Waals surface area contributed by atoms with Gasteiger partial charge in [-0.15, -0.1) is 0 Å². The summed E-state index contributed by atoms with van der Waals surface area (Å²) < 4.78 is 30.8. The molecule has 0 saturated carbocycles. The zero-order valence-corrected chi connectivity index (χ0v) is 25.0. The molecule has 0 bridgehead atoms. The molecule has 5 nitrogen and oxygen atoms in total. The van der Waals surface area contributed by atoms with Crippen LogP contribution in [0.15, 0.2) is 18.2 Å². The quantitative estimate of drug-likeness (QED) is 0.352. The highest BCUT2D eigenvalue weighted by molar-refractivity contribution is 6.75. The van der Waals surface area contributed by atoms with Crippen LogP contribution < -0.4 is 18.6 Å². The molecule has 0 amide bonds. The lowest BCUT2D eigenvalue weighted by Crippen LogP contribution is -2.44. The lowest BCUT2D eigenvalue weighted by Gasteiger charge is -2.38. The van der Waals surface area contributed by atoms with Crippen molar-refractivity contribution >= 4 is 27.4 Å². The van der Waals surface area contributed by atoms with E-state index in [2.05, 4.69) is 73.8 Å². The Labute approximate surface area is 203 Å². The second kappa shape index (κ2) is 9.51. The molecule has 2 aromatic carbocycles. The van der Waals surface area contributed by atoms with E-state index in [-0.39, 0.29) is 10.1 Å². The summed E-state index contributed by atoms with van der Waals surface area (Å²) in [6.45, 7) is 22.9. The predicted molar refractivity (Wildman–Crippen MR) is 143 cm³/mol. The molecule has 0 unspecified atom stereocenters. The van der Waals surface area contributed by atoms with Gasteiger partial charge < -0.3 is 23.1 Å². The highest BCUT2D eigenvalue weighted by Gasteiger charge is 2.41. The van der Waals surface area contributed by atoms with E-state index in [0.29, 0.717) is 12.4 Å². The standard InChI is InChI=1S/C26H44O5Si2/c1-25(2,3)32(10,11)30-17-19-14-18-15-20(27-7)16-21(28-8)22(18)24(23(19)29-9)31-33(12,13)26(4,5)6/h14-16H,17H2,1-13H3. The van der Waals surface area contributed by atoms with Crippen LogP contribution in [0.2, 0.25) is 36.3 Å². The number of rotatable bonds is 8. The van der Waals surface area contributed by atoms with E-state index in [4.69, 9.17) is 23.1 Å². The number of methoxy groups -OCH3 is 3. The summed E-state index contributed by atoms with van der Waals surface area (Å²) in [4.78, 5) is 0. The summed E-state index contributed by atoms with van der Waals surface area (Å²) in [5.41, 5.74) is 0.971. The number of hydrogen-bond donors (Lipinski definition) is 0. The Morgan fingerprint density at radius 3 is 1.73 bits per heavy atom. The van der Waals surface area contributed by atoms with E-state index in [1.54, 1.807) is 21.3 Å². The van der Waals surface area contributed by atoms with Crippen molar-refractivity contribution in [3.8, 4) is 23.0 Å². The van der Waals surface area contributed by atoms with Crippen LogP contribution in [0.3, 0.4) is 0 Å². The molecule has 7 heteroatoms. The van der Waals surface area contributed by atoms with E-state index in [0.717, 1.165) is 33.6 Å². The van der Waals surface area contributed by atoms with Gasteiger partial charge in [0.1, 0.15) is 11.5 Å². The van der Waals surface area contributed by atoms with E-state index in [9.17, 15) is 0 Å². The van der Waals surface area contributed by atoms with Gasteiger partial charge in [-0.2, -0.15) is 0 Å². The average Bonchev–Trinajstić information content (AvgIpc) is 2.69. The molecule has 0 heterocycles. The third-order valence-corrected chi connectivity index (χ3v) is 16.2. The smallest absolute Gasteiger partial charge is 0.250 e. The van der Waals surface area contributed by atoms with E-state index in [1.165, 1.54) is 0 Å². The zero-order valence-electron chi connectivity index (χ0n) is 23.0. The third-order valence-electron chi connectivity index (χ3n) is 7.38. The summed E-state index contributed by atoms with van der Waals surface area (Å²) in [6.07, 6.45) is 0. The molecule has 0 N–H and O–H groups in total. The summed E-state index contributed by atoms with van der Waals surface area (Å²) in [5, 5.41) is 2.02. The van der Waals surface area contributed by atoms with Gasteiger partial charge in [-0.25, -0.2) is 0 Å². The second-order valence-electron chi connectivity index (χ2n) is 11.7. The molecular formula is C26H44O5Si2. The molecule has 33 heavy (non-hydrogen) atoms. The van der Waals surface area contributed by atoms with Crippen molar-refractivity contribution in [1.82, 2.24) is 0 Å². The van der Waals surface area contributed by atoms with Gasteiger partial charge in [-0.3, -0.25) is 0 Å². The first kappa shape index (κ1) is 27.5. The fourth-order valence-electron chi connectivity index (χ4n) is 3.07. The number of benzene rings is 2. The molecule has 0 aromatic heterocycles. The molecule has 0 spiro atoms. The van der Waals surface area contributed by atoms with Crippen LogP contribution in [0.4, 0.5) is 0 Å². The zero-order chi connectivity index (χ0) is 25.4. The van der Waals surface area contributed by atoms with Crippen LogP contribution in [0.5, 0.6) is 23.0 Å². The Morgan fingerprint density at radius 1 is 0.697 bits per heavy atom. The van der Waals surface area contributed by atoms with E-state index >= 15 is 0 Å². The first-order chi connectivity index (χ1) is 15.0. The predicted octanol–water partition coefficient (Wildman–Crippen LogP) is 7.77. The number of ether oxygens (including phenoxy) is 3. The number of fused-ring (bicyclic) bond motifs is 1. The Hall–Kier alpha value is -1.71. The highest BCUT2D eigenvalue weighted by atomic mass is 28.4. The van der Waals surface area contributed by atoms with Crippen LogP contribution >= 0.6 is 0 Å². The van der Waals surface area contributed by atoms with Crippen LogP contribution in [0, 0.1) is 0 Å². The summed E-state index contributed by atoms with van der Waals surface area (Å²) in [6, 6.07) is 6.03. The molecule has 0 saturated heterocycles. The third kappa shape index (κ3) is 5.69. The lowest BCUT2D eigenvalue weighted by molar-refractivity contribution is 0.268. The first-order valence-corrected chi connectivity index (χ1v) is 17.4. The monoisotopic (exact) mass is 492 g/mol. The topological polar surface area (TPSA) is 46.2 Å². The number of hydrogen-bond acceptors (Lipinski definition) is 5. The van der Waals surface area contributed by atoms with Gasteiger partial charge in [0, 0.05) is 11.6 Å². The van der Waals surface area contributed by atoms with Crippen LogP contribution in [0.25, 0.3) is 10.8 Å². The van der Waals surface area contributed by atoms with Crippen molar-refractivity contribution in [2.45, 2.75) is 84.4 Å². The Kier molecular flexibility index (Phi) is 7.93. The maximum Gasteiger partial charge on any atom is 0.250 e. The second-order valence-corrected chi connectivity index (χ2v) is 21.3. The minimum absolute atomic E-state index is 0.0255. The molecule has 0 fully saturated rings. The summed E-state index contributed by atoms with van der Waals surface area (Å²) in [5.74, 6) is 2.89. The van der Waals surface area contributed by atoms with E-state index < -0.39 is 16.6 Å². The van der Waals surface area contributed by atoms with Crippen molar-refractivity contribution < 1.29 is 23.1 Å². The minimum Gasteiger partial charge on any atom is -0.541 e. The van der Waals surface area contributed by atoms with Gasteiger partial charge in [0.25, 0.3) is 8.32 Å². The van der Waals surface area contributed by atoms with Crippen LogP contribution in [-0.2, 0) is 11.0 Å². The van der Waals surface area contributed by atoms with Crippen molar-refractivity contribution in [3.05, 3.63) is 23.8 Å². The largest absolute Gasteiger partial charge is 0.541 e. The summed E-state index contributed by atoms with van der Waals surface area (Å²) in [7, 11) is 0.900. The van der Waals surface area contributed by atoms with Crippen molar-refractivity contribution in [1.29, 1.82) is 0 Å². The lowest BCUT2D eigenvalue weighted by atomic mass is 10.0. The van der Waals surface area contributed by atoms with Crippen molar-refractivity contribution in [2.24, 2.45) is 0 Å². The normalized spacial score (nSPS) is 13.2. The maximum atomic E-state index is 6.91. The molecule has 0 aliphatic heterocycles. The van der Waals surface area contributed by atoms with Crippen LogP contribution in [-0.4, -0.2) is 38.0 Å². The van der Waals surface area contributed by atoms with Gasteiger partial charge in [0.05, 0.1) is 33.3 Å². The molecule has 0 atom stereocenters. The fourth-order valence-corrected chi connectivity index (χ4v) is 5.03. The molecule has 2 aromatic rings. The Bertz CT molecular complexity index is 985. The maximum absolute atomic E-state index is 6.91. The van der Waals surface area contributed by atoms with Gasteiger partial charge >= 0.3 is 0 Å².